The summed E-state index contributed by atoms with van der Waals surface area (Å²) in [6.07, 6.45) is 0. The zero-order valence-electron chi connectivity index (χ0n) is 8.22. The molecule has 0 aliphatic rings. The van der Waals surface area contributed by atoms with Gasteiger partial charge in [-0.15, -0.1) is 11.6 Å². The highest BCUT2D eigenvalue weighted by Crippen LogP contribution is 2.00. The third-order valence-electron chi connectivity index (χ3n) is 1.01. The Labute approximate surface area is 78.7 Å². The molecule has 12 heavy (non-hydrogen) atoms. The summed E-state index contributed by atoms with van der Waals surface area (Å²) in [4.78, 5) is 22.7. The molecule has 4 heteroatoms. The first-order chi connectivity index (χ1) is 5.46. The summed E-state index contributed by atoms with van der Waals surface area (Å²) in [6, 6.07) is 0. The van der Waals surface area contributed by atoms with E-state index in [-0.39, 0.29) is 11.7 Å². The normalized spacial score (nSPS) is 10.8. The molecule has 0 spiro atoms. The summed E-state index contributed by atoms with van der Waals surface area (Å²) < 4.78 is 0. The van der Waals surface area contributed by atoms with Crippen molar-refractivity contribution in [2.45, 2.75) is 26.1 Å². The van der Waals surface area contributed by atoms with Crippen molar-refractivity contribution in [3.8, 4) is 0 Å². The standard InChI is InChI=1S/C6H10ClNO2.C2H6/c1-4(9)5(7)6(10)8(2)3;1-2/h5H,1-3H3;1-2H3. The molecule has 0 heterocycles. The average Bonchev–Trinajstić information content (AvgIpc) is 2.05. The summed E-state index contributed by atoms with van der Waals surface area (Å²) in [7, 11) is 3.11. The first-order valence-electron chi connectivity index (χ1n) is 3.82. The van der Waals surface area contributed by atoms with Crippen LogP contribution < -0.4 is 0 Å². The van der Waals surface area contributed by atoms with Gasteiger partial charge in [-0.05, 0) is 6.92 Å². The lowest BCUT2D eigenvalue weighted by molar-refractivity contribution is -0.132. The molecule has 0 aromatic rings. The molecule has 1 atom stereocenters. The van der Waals surface area contributed by atoms with Gasteiger partial charge in [-0.2, -0.15) is 0 Å². The van der Waals surface area contributed by atoms with Crippen LogP contribution in [-0.2, 0) is 9.59 Å². The summed E-state index contributed by atoms with van der Waals surface area (Å²) in [5, 5.41) is -1.02. The predicted octanol–water partition coefficient (Wildman–Crippen LogP) is 1.30. The maximum Gasteiger partial charge on any atom is 0.247 e. The monoisotopic (exact) mass is 193 g/mol. The van der Waals surface area contributed by atoms with Crippen molar-refractivity contribution in [3.05, 3.63) is 0 Å². The highest BCUT2D eigenvalue weighted by molar-refractivity contribution is 6.41. The van der Waals surface area contributed by atoms with Gasteiger partial charge in [-0.25, -0.2) is 0 Å². The smallest absolute Gasteiger partial charge is 0.247 e. The van der Waals surface area contributed by atoms with E-state index in [1.807, 2.05) is 13.8 Å². The van der Waals surface area contributed by atoms with E-state index < -0.39 is 5.38 Å². The van der Waals surface area contributed by atoms with E-state index in [1.165, 1.54) is 11.8 Å². The number of carbonyl (C=O) groups is 2. The topological polar surface area (TPSA) is 37.4 Å². The largest absolute Gasteiger partial charge is 0.347 e. The van der Waals surface area contributed by atoms with Gasteiger partial charge in [-0.3, -0.25) is 9.59 Å². The second kappa shape index (κ2) is 7.10. The number of Topliss-reactive ketones (excluding diaryl/α,β-unsaturated/α-hetero) is 1. The molecule has 0 aromatic carbocycles. The first-order valence-corrected chi connectivity index (χ1v) is 4.26. The summed E-state index contributed by atoms with van der Waals surface area (Å²) >= 11 is 5.42. The van der Waals surface area contributed by atoms with E-state index in [9.17, 15) is 9.59 Å². The molecule has 72 valence electrons. The number of halogens is 1. The Morgan fingerprint density at radius 1 is 1.25 bits per heavy atom. The first kappa shape index (κ1) is 14.0. The zero-order valence-corrected chi connectivity index (χ0v) is 8.97. The van der Waals surface area contributed by atoms with Crippen LogP contribution in [0.25, 0.3) is 0 Å². The van der Waals surface area contributed by atoms with Gasteiger partial charge in [-0.1, -0.05) is 13.8 Å². The van der Waals surface area contributed by atoms with E-state index >= 15 is 0 Å². The minimum Gasteiger partial charge on any atom is -0.347 e. The number of hydrogen-bond acceptors (Lipinski definition) is 2. The minimum atomic E-state index is -1.02. The van der Waals surface area contributed by atoms with Crippen molar-refractivity contribution >= 4 is 23.3 Å². The van der Waals surface area contributed by atoms with Gasteiger partial charge in [0.25, 0.3) is 0 Å². The SMILES string of the molecule is CC.CC(=O)C(Cl)C(=O)N(C)C. The van der Waals surface area contributed by atoms with Crippen molar-refractivity contribution in [2.24, 2.45) is 0 Å². The molecule has 0 rings (SSSR count). The van der Waals surface area contributed by atoms with Crippen molar-refractivity contribution < 1.29 is 9.59 Å². The van der Waals surface area contributed by atoms with Gasteiger partial charge in [0.15, 0.2) is 11.2 Å². The van der Waals surface area contributed by atoms with E-state index in [4.69, 9.17) is 11.6 Å². The number of nitrogens with zero attached hydrogens (tertiary/aromatic N) is 1. The van der Waals surface area contributed by atoms with Gasteiger partial charge in [0.2, 0.25) is 5.91 Å². The van der Waals surface area contributed by atoms with Gasteiger partial charge in [0.1, 0.15) is 0 Å². The molecule has 0 radical (unpaired) electrons. The van der Waals surface area contributed by atoms with Crippen LogP contribution in [0, 0.1) is 0 Å². The number of carbonyl (C=O) groups excluding carboxylic acids is 2. The number of amides is 1. The second-order valence-electron chi connectivity index (χ2n) is 2.21. The van der Waals surface area contributed by atoms with Crippen LogP contribution in [0.3, 0.4) is 0 Å². The average molecular weight is 194 g/mol. The van der Waals surface area contributed by atoms with Crippen molar-refractivity contribution in [3.63, 3.8) is 0 Å². The van der Waals surface area contributed by atoms with Crippen LogP contribution in [0.2, 0.25) is 0 Å². The molecule has 0 aliphatic heterocycles. The highest BCUT2D eigenvalue weighted by atomic mass is 35.5. The fraction of sp³-hybridized carbons (Fsp3) is 0.750. The van der Waals surface area contributed by atoms with Crippen LogP contribution in [0.15, 0.2) is 0 Å². The molecular formula is C8H16ClNO2. The van der Waals surface area contributed by atoms with Gasteiger partial charge < -0.3 is 4.90 Å². The van der Waals surface area contributed by atoms with E-state index in [1.54, 1.807) is 14.1 Å². The van der Waals surface area contributed by atoms with Crippen LogP contribution in [0.4, 0.5) is 0 Å². The van der Waals surface area contributed by atoms with Gasteiger partial charge >= 0.3 is 0 Å². The highest BCUT2D eigenvalue weighted by Gasteiger charge is 2.21. The Balaban J connectivity index is 0. The molecule has 0 aromatic heterocycles. The molecule has 0 saturated carbocycles. The Morgan fingerprint density at radius 2 is 1.58 bits per heavy atom. The van der Waals surface area contributed by atoms with Gasteiger partial charge in [0, 0.05) is 14.1 Å². The minimum absolute atomic E-state index is 0.319. The van der Waals surface area contributed by atoms with Crippen LogP contribution in [0.1, 0.15) is 20.8 Å². The predicted molar refractivity (Wildman–Crippen MR) is 50.4 cm³/mol. The van der Waals surface area contributed by atoms with Crippen molar-refractivity contribution in [1.29, 1.82) is 0 Å². The van der Waals surface area contributed by atoms with E-state index in [2.05, 4.69) is 0 Å². The number of ketones is 1. The quantitative estimate of drug-likeness (QED) is 0.490. The van der Waals surface area contributed by atoms with Crippen molar-refractivity contribution in [2.75, 3.05) is 14.1 Å². The summed E-state index contributed by atoms with van der Waals surface area (Å²) in [5.74, 6) is -0.686. The molecule has 1 amide bonds. The van der Waals surface area contributed by atoms with Crippen LogP contribution in [0.5, 0.6) is 0 Å². The third kappa shape index (κ3) is 5.13. The number of alkyl halides is 1. The lowest BCUT2D eigenvalue weighted by atomic mass is 10.3. The second-order valence-corrected chi connectivity index (χ2v) is 2.64. The summed E-state index contributed by atoms with van der Waals surface area (Å²) in [5.41, 5.74) is 0. The molecule has 0 N–H and O–H groups in total. The Kier molecular flexibility index (Phi) is 8.27. The zero-order chi connectivity index (χ0) is 10.3. The van der Waals surface area contributed by atoms with Crippen molar-refractivity contribution in [1.82, 2.24) is 4.90 Å². The molecule has 3 nitrogen and oxygen atoms in total. The molecule has 1 unspecified atom stereocenters. The maximum absolute atomic E-state index is 10.9. The lowest BCUT2D eigenvalue weighted by Crippen LogP contribution is -2.34. The maximum atomic E-state index is 10.9. The molecule has 0 fully saturated rings. The lowest BCUT2D eigenvalue weighted by Gasteiger charge is -2.11. The number of hydrogen-bond donors (Lipinski definition) is 0. The molecule has 0 bridgehead atoms. The van der Waals surface area contributed by atoms with E-state index in [0.29, 0.717) is 0 Å². The van der Waals surface area contributed by atoms with Crippen LogP contribution in [-0.4, -0.2) is 36.1 Å². The molecule has 0 saturated heterocycles. The van der Waals surface area contributed by atoms with Crippen LogP contribution >= 0.6 is 11.6 Å². The fourth-order valence-corrected chi connectivity index (χ4v) is 0.596. The fourth-order valence-electron chi connectivity index (χ4n) is 0.401. The Bertz CT molecular complexity index is 157. The van der Waals surface area contributed by atoms with E-state index in [0.717, 1.165) is 0 Å². The molecule has 0 aliphatic carbocycles. The third-order valence-corrected chi connectivity index (χ3v) is 1.51. The Morgan fingerprint density at radius 3 is 1.67 bits per heavy atom. The van der Waals surface area contributed by atoms with Gasteiger partial charge in [0.05, 0.1) is 0 Å². The number of rotatable bonds is 2. The summed E-state index contributed by atoms with van der Waals surface area (Å²) in [6.45, 7) is 5.29. The molecular weight excluding hydrogens is 178 g/mol. The Hall–Kier alpha value is -0.570.